The summed E-state index contributed by atoms with van der Waals surface area (Å²) in [6.45, 7) is -0.903. The van der Waals surface area contributed by atoms with Crippen LogP contribution >= 0.6 is 0 Å². The molecule has 0 radical (unpaired) electrons. The minimum Gasteiger partial charge on any atom is -0.394 e. The number of hydrogen-bond donors (Lipinski definition) is 4. The first-order chi connectivity index (χ1) is 6.99. The number of hydrogen-bond acceptors (Lipinski definition) is 5. The highest BCUT2D eigenvalue weighted by Crippen LogP contribution is 2.02. The van der Waals surface area contributed by atoms with Crippen LogP contribution in [-0.4, -0.2) is 72.1 Å². The van der Waals surface area contributed by atoms with Crippen LogP contribution in [0.25, 0.3) is 0 Å². The summed E-state index contributed by atoms with van der Waals surface area (Å²) in [5.41, 5.74) is -1.32. The molecule has 0 atom stereocenters. The van der Waals surface area contributed by atoms with Gasteiger partial charge in [-0.25, -0.2) is 0 Å². The molecule has 15 heavy (non-hydrogen) atoms. The van der Waals surface area contributed by atoms with Gasteiger partial charge in [0, 0.05) is 13.0 Å². The Bertz CT molecular complexity index is 184. The van der Waals surface area contributed by atoms with Crippen LogP contribution in [-0.2, 0) is 4.79 Å². The highest BCUT2D eigenvalue weighted by molar-refractivity contribution is 5.77. The van der Waals surface area contributed by atoms with E-state index in [1.807, 2.05) is 19.0 Å². The molecule has 0 aliphatic carbocycles. The Labute approximate surface area is 89.5 Å². The molecule has 0 saturated heterocycles. The summed E-state index contributed by atoms with van der Waals surface area (Å²) < 4.78 is 0. The van der Waals surface area contributed by atoms with Gasteiger partial charge in [0.25, 0.3) is 0 Å². The molecular formula is C9H20N2O4. The third-order valence-electron chi connectivity index (χ3n) is 2.10. The van der Waals surface area contributed by atoms with Gasteiger partial charge in [-0.3, -0.25) is 4.79 Å². The van der Waals surface area contributed by atoms with Crippen molar-refractivity contribution in [2.24, 2.45) is 0 Å². The normalized spacial score (nSPS) is 11.9. The van der Waals surface area contributed by atoms with Crippen molar-refractivity contribution >= 4 is 5.91 Å². The summed E-state index contributed by atoms with van der Waals surface area (Å²) in [5, 5.41) is 29.3. The summed E-state index contributed by atoms with van der Waals surface area (Å²) in [4.78, 5) is 13.2. The molecule has 1 amide bonds. The average molecular weight is 220 g/mol. The lowest BCUT2D eigenvalue weighted by Crippen LogP contribution is -2.57. The Morgan fingerprint density at radius 1 is 1.20 bits per heavy atom. The van der Waals surface area contributed by atoms with Gasteiger partial charge in [0.05, 0.1) is 19.8 Å². The topological polar surface area (TPSA) is 93.0 Å². The predicted octanol–water partition coefficient (Wildman–Crippen LogP) is -2.23. The highest BCUT2D eigenvalue weighted by atomic mass is 16.3. The number of carbonyl (C=O) groups excluding carboxylic acids is 1. The first-order valence-electron chi connectivity index (χ1n) is 4.78. The van der Waals surface area contributed by atoms with Gasteiger partial charge in [0.2, 0.25) is 5.91 Å². The fourth-order valence-electron chi connectivity index (χ4n) is 0.952. The second-order valence-electron chi connectivity index (χ2n) is 3.86. The largest absolute Gasteiger partial charge is 0.394 e. The number of nitrogens with zero attached hydrogens (tertiary/aromatic N) is 1. The molecule has 0 spiro atoms. The minimum absolute atomic E-state index is 0.259. The van der Waals surface area contributed by atoms with E-state index >= 15 is 0 Å². The van der Waals surface area contributed by atoms with Gasteiger partial charge in [0.15, 0.2) is 0 Å². The summed E-state index contributed by atoms with van der Waals surface area (Å²) >= 11 is 0. The molecule has 0 rings (SSSR count). The van der Waals surface area contributed by atoms with Crippen LogP contribution < -0.4 is 5.32 Å². The highest BCUT2D eigenvalue weighted by Gasteiger charge is 2.29. The third-order valence-corrected chi connectivity index (χ3v) is 2.10. The Kier molecular flexibility index (Phi) is 6.42. The number of nitrogens with one attached hydrogen (secondary N) is 1. The van der Waals surface area contributed by atoms with Crippen molar-refractivity contribution in [3.05, 3.63) is 0 Å². The maximum atomic E-state index is 11.4. The number of aliphatic hydroxyl groups excluding tert-OH is 3. The third kappa shape index (κ3) is 5.08. The molecule has 0 bridgehead atoms. The van der Waals surface area contributed by atoms with Gasteiger partial charge in [-0.05, 0) is 14.1 Å². The monoisotopic (exact) mass is 220 g/mol. The lowest BCUT2D eigenvalue weighted by Gasteiger charge is -2.28. The van der Waals surface area contributed by atoms with Crippen molar-refractivity contribution < 1.29 is 20.1 Å². The number of aliphatic hydroxyl groups is 3. The summed E-state index contributed by atoms with van der Waals surface area (Å²) in [6, 6.07) is 0. The predicted molar refractivity (Wildman–Crippen MR) is 55.3 cm³/mol. The van der Waals surface area contributed by atoms with E-state index in [0.29, 0.717) is 6.54 Å². The molecule has 90 valence electrons. The molecule has 0 fully saturated rings. The van der Waals surface area contributed by atoms with E-state index in [9.17, 15) is 4.79 Å². The maximum Gasteiger partial charge on any atom is 0.221 e. The van der Waals surface area contributed by atoms with Gasteiger partial charge in [0.1, 0.15) is 5.54 Å². The number of amides is 1. The fourth-order valence-corrected chi connectivity index (χ4v) is 0.952. The summed E-state index contributed by atoms with van der Waals surface area (Å²) in [7, 11) is 3.68. The zero-order valence-corrected chi connectivity index (χ0v) is 9.23. The van der Waals surface area contributed by atoms with E-state index in [1.54, 1.807) is 0 Å². The van der Waals surface area contributed by atoms with Crippen molar-refractivity contribution in [1.29, 1.82) is 0 Å². The van der Waals surface area contributed by atoms with E-state index in [-0.39, 0.29) is 12.3 Å². The first kappa shape index (κ1) is 14.3. The SMILES string of the molecule is CN(C)CCC(=O)NC(CO)(CO)CO. The molecule has 0 aromatic rings. The molecule has 0 aliphatic rings. The summed E-state index contributed by atoms with van der Waals surface area (Å²) in [6.07, 6.45) is 0.259. The standard InChI is InChI=1S/C9H20N2O4/c1-11(2)4-3-8(15)10-9(5-12,6-13)7-14/h12-14H,3-7H2,1-2H3,(H,10,15). The molecule has 0 heterocycles. The fraction of sp³-hybridized carbons (Fsp3) is 0.889. The van der Waals surface area contributed by atoms with Crippen molar-refractivity contribution in [1.82, 2.24) is 10.2 Å². The van der Waals surface area contributed by atoms with E-state index in [0.717, 1.165) is 0 Å². The summed E-state index contributed by atoms with van der Waals surface area (Å²) in [5.74, 6) is -0.305. The van der Waals surface area contributed by atoms with E-state index < -0.39 is 25.4 Å². The molecule has 0 aromatic carbocycles. The molecule has 0 unspecified atom stereocenters. The van der Waals surface area contributed by atoms with Crippen molar-refractivity contribution in [3.8, 4) is 0 Å². The van der Waals surface area contributed by atoms with Crippen LogP contribution in [0.3, 0.4) is 0 Å². The smallest absolute Gasteiger partial charge is 0.221 e. The molecule has 0 aliphatic heterocycles. The quantitative estimate of drug-likeness (QED) is 0.390. The molecule has 6 heteroatoms. The van der Waals surface area contributed by atoms with Crippen LogP contribution in [0, 0.1) is 0 Å². The van der Waals surface area contributed by atoms with Crippen molar-refractivity contribution in [2.75, 3.05) is 40.5 Å². The van der Waals surface area contributed by atoms with Gasteiger partial charge in [-0.2, -0.15) is 0 Å². The van der Waals surface area contributed by atoms with Gasteiger partial charge in [-0.15, -0.1) is 0 Å². The molecular weight excluding hydrogens is 200 g/mol. The van der Waals surface area contributed by atoms with Crippen LogP contribution in [0.15, 0.2) is 0 Å². The van der Waals surface area contributed by atoms with Gasteiger partial charge in [-0.1, -0.05) is 0 Å². The van der Waals surface area contributed by atoms with Crippen molar-refractivity contribution in [3.63, 3.8) is 0 Å². The number of carbonyl (C=O) groups is 1. The van der Waals surface area contributed by atoms with Gasteiger partial charge >= 0.3 is 0 Å². The zero-order chi connectivity index (χ0) is 11.9. The Balaban J connectivity index is 4.11. The zero-order valence-electron chi connectivity index (χ0n) is 9.23. The second-order valence-corrected chi connectivity index (χ2v) is 3.86. The van der Waals surface area contributed by atoms with Crippen LogP contribution in [0.2, 0.25) is 0 Å². The lowest BCUT2D eigenvalue weighted by molar-refractivity contribution is -0.125. The molecule has 6 nitrogen and oxygen atoms in total. The first-order valence-corrected chi connectivity index (χ1v) is 4.78. The van der Waals surface area contributed by atoms with Crippen LogP contribution in [0.4, 0.5) is 0 Å². The van der Waals surface area contributed by atoms with Gasteiger partial charge < -0.3 is 25.5 Å². The molecule has 0 saturated carbocycles. The maximum absolute atomic E-state index is 11.4. The second kappa shape index (κ2) is 6.73. The Morgan fingerprint density at radius 2 is 1.67 bits per heavy atom. The van der Waals surface area contributed by atoms with Crippen LogP contribution in [0.1, 0.15) is 6.42 Å². The van der Waals surface area contributed by atoms with Crippen LogP contribution in [0.5, 0.6) is 0 Å². The Hall–Kier alpha value is -0.690. The number of rotatable bonds is 7. The molecule has 0 aromatic heterocycles. The molecule has 4 N–H and O–H groups in total. The van der Waals surface area contributed by atoms with Crippen molar-refractivity contribution in [2.45, 2.75) is 12.0 Å². The Morgan fingerprint density at radius 3 is 2.00 bits per heavy atom. The average Bonchev–Trinajstić information content (AvgIpc) is 2.23. The minimum atomic E-state index is -1.32. The lowest BCUT2D eigenvalue weighted by atomic mass is 10.0. The van der Waals surface area contributed by atoms with E-state index in [1.165, 1.54) is 0 Å². The van der Waals surface area contributed by atoms with E-state index in [4.69, 9.17) is 15.3 Å². The van der Waals surface area contributed by atoms with E-state index in [2.05, 4.69) is 5.32 Å².